The lowest BCUT2D eigenvalue weighted by atomic mass is 10.0. The maximum absolute atomic E-state index is 12.8. The number of ether oxygens (including phenoxy) is 2. The topological polar surface area (TPSA) is 78.4 Å². The van der Waals surface area contributed by atoms with Gasteiger partial charge in [-0.25, -0.2) is 9.59 Å². The van der Waals surface area contributed by atoms with Crippen LogP contribution < -0.4 is 0 Å². The molecule has 0 aromatic carbocycles. The normalized spacial score (nSPS) is 10.7. The van der Waals surface area contributed by atoms with Crippen LogP contribution in [0, 0.1) is 0 Å². The molecular weight excluding hydrogens is 444 g/mol. The van der Waals surface area contributed by atoms with Gasteiger partial charge in [0, 0.05) is 33.3 Å². The standard InChI is InChI=1S/C24H20N2O4S2/c1-3-29-23(27)17-11-15(19-7-5-9-31-19)13-25-21(17)22-18(24(28)30-4-2)12-16(14-26-22)20-8-6-10-32-20/h5-14H,3-4H2,1-2H3. The molecule has 0 aliphatic rings. The highest BCUT2D eigenvalue weighted by molar-refractivity contribution is 7.13. The number of aromatic nitrogens is 2. The molecule has 0 unspecified atom stereocenters. The molecule has 0 N–H and O–H groups in total. The number of pyridine rings is 2. The first-order valence-electron chi connectivity index (χ1n) is 10.0. The molecule has 0 saturated carbocycles. The lowest BCUT2D eigenvalue weighted by molar-refractivity contribution is 0.0514. The molecule has 162 valence electrons. The van der Waals surface area contributed by atoms with Crippen LogP contribution in [0.4, 0.5) is 0 Å². The maximum atomic E-state index is 12.8. The van der Waals surface area contributed by atoms with Gasteiger partial charge in [-0.1, -0.05) is 12.1 Å². The van der Waals surface area contributed by atoms with E-state index in [0.29, 0.717) is 0 Å². The molecule has 0 aliphatic carbocycles. The molecule has 0 amide bonds. The zero-order valence-corrected chi connectivity index (χ0v) is 19.2. The fourth-order valence-corrected chi connectivity index (χ4v) is 4.61. The van der Waals surface area contributed by atoms with E-state index in [9.17, 15) is 9.59 Å². The molecule has 4 aromatic heterocycles. The van der Waals surface area contributed by atoms with Gasteiger partial charge >= 0.3 is 11.9 Å². The van der Waals surface area contributed by atoms with Crippen molar-refractivity contribution in [1.82, 2.24) is 9.97 Å². The first-order valence-corrected chi connectivity index (χ1v) is 11.8. The Morgan fingerprint density at radius 3 is 1.56 bits per heavy atom. The van der Waals surface area contributed by atoms with E-state index in [1.54, 1.807) is 61.0 Å². The van der Waals surface area contributed by atoms with Crippen LogP contribution in [-0.4, -0.2) is 35.1 Å². The third-order valence-corrected chi connectivity index (χ3v) is 6.44. The number of carbonyl (C=O) groups excluding carboxylic acids is 2. The van der Waals surface area contributed by atoms with Crippen LogP contribution in [0.3, 0.4) is 0 Å². The minimum atomic E-state index is -0.521. The fourth-order valence-electron chi connectivity index (χ4n) is 3.19. The van der Waals surface area contributed by atoms with Gasteiger partial charge < -0.3 is 9.47 Å². The molecule has 0 radical (unpaired) electrons. The summed E-state index contributed by atoms with van der Waals surface area (Å²) in [5, 5.41) is 3.91. The highest BCUT2D eigenvalue weighted by Gasteiger charge is 2.24. The molecule has 4 heterocycles. The van der Waals surface area contributed by atoms with E-state index < -0.39 is 11.9 Å². The summed E-state index contributed by atoms with van der Waals surface area (Å²) in [5.74, 6) is -1.04. The van der Waals surface area contributed by atoms with E-state index in [1.165, 1.54) is 0 Å². The van der Waals surface area contributed by atoms with Gasteiger partial charge in [-0.05, 0) is 48.9 Å². The van der Waals surface area contributed by atoms with E-state index in [2.05, 4.69) is 9.97 Å². The van der Waals surface area contributed by atoms with Gasteiger partial charge in [0.05, 0.1) is 24.3 Å². The average Bonchev–Trinajstić information content (AvgIpc) is 3.53. The van der Waals surface area contributed by atoms with Crippen molar-refractivity contribution in [3.8, 4) is 32.3 Å². The summed E-state index contributed by atoms with van der Waals surface area (Å²) < 4.78 is 10.6. The second-order valence-corrected chi connectivity index (χ2v) is 8.53. The van der Waals surface area contributed by atoms with Crippen LogP contribution in [-0.2, 0) is 9.47 Å². The van der Waals surface area contributed by atoms with Crippen LogP contribution in [0.5, 0.6) is 0 Å². The van der Waals surface area contributed by atoms with Crippen molar-refractivity contribution in [2.45, 2.75) is 13.8 Å². The molecule has 0 spiro atoms. The Bertz CT molecular complexity index is 1140. The minimum Gasteiger partial charge on any atom is -0.462 e. The molecule has 0 bridgehead atoms. The number of carbonyl (C=O) groups is 2. The van der Waals surface area contributed by atoms with Crippen LogP contribution >= 0.6 is 22.7 Å². The van der Waals surface area contributed by atoms with E-state index in [4.69, 9.17) is 9.47 Å². The van der Waals surface area contributed by atoms with E-state index in [1.807, 2.05) is 35.0 Å². The Morgan fingerprint density at radius 2 is 1.22 bits per heavy atom. The SMILES string of the molecule is CCOC(=O)c1cc(-c2cccs2)cnc1-c1ncc(-c2cccs2)cc1C(=O)OCC. The Hall–Kier alpha value is -3.36. The molecule has 4 rings (SSSR count). The summed E-state index contributed by atoms with van der Waals surface area (Å²) in [6.45, 7) is 3.92. The van der Waals surface area contributed by atoms with Gasteiger partial charge in [-0.2, -0.15) is 0 Å². The van der Waals surface area contributed by atoms with Crippen LogP contribution in [0.25, 0.3) is 32.3 Å². The predicted octanol–water partition coefficient (Wildman–Crippen LogP) is 5.95. The Morgan fingerprint density at radius 1 is 0.781 bits per heavy atom. The zero-order valence-electron chi connectivity index (χ0n) is 17.5. The molecule has 4 aromatic rings. The lowest BCUT2D eigenvalue weighted by Crippen LogP contribution is -2.12. The first kappa shape index (κ1) is 21.9. The van der Waals surface area contributed by atoms with Crippen molar-refractivity contribution < 1.29 is 19.1 Å². The monoisotopic (exact) mass is 464 g/mol. The molecule has 8 heteroatoms. The summed E-state index contributed by atoms with van der Waals surface area (Å²) in [4.78, 5) is 36.7. The summed E-state index contributed by atoms with van der Waals surface area (Å²) in [6, 6.07) is 11.2. The number of esters is 2. The highest BCUT2D eigenvalue weighted by Crippen LogP contribution is 2.33. The third kappa shape index (κ3) is 4.46. The van der Waals surface area contributed by atoms with E-state index in [-0.39, 0.29) is 35.7 Å². The molecular formula is C24H20N2O4S2. The number of nitrogens with zero attached hydrogens (tertiary/aromatic N) is 2. The maximum Gasteiger partial charge on any atom is 0.340 e. The van der Waals surface area contributed by atoms with Gasteiger partial charge in [-0.15, -0.1) is 22.7 Å². The van der Waals surface area contributed by atoms with E-state index >= 15 is 0 Å². The second-order valence-electron chi connectivity index (χ2n) is 6.64. The third-order valence-electron chi connectivity index (χ3n) is 4.60. The van der Waals surface area contributed by atoms with Crippen molar-refractivity contribution >= 4 is 34.6 Å². The molecule has 0 saturated heterocycles. The van der Waals surface area contributed by atoms with Crippen molar-refractivity contribution in [3.05, 3.63) is 70.7 Å². The van der Waals surface area contributed by atoms with Crippen molar-refractivity contribution in [1.29, 1.82) is 0 Å². The summed E-state index contributed by atoms with van der Waals surface area (Å²) in [7, 11) is 0. The van der Waals surface area contributed by atoms with Crippen LogP contribution in [0.1, 0.15) is 34.6 Å². The molecule has 0 aliphatic heterocycles. The van der Waals surface area contributed by atoms with Crippen molar-refractivity contribution in [2.24, 2.45) is 0 Å². The molecule has 6 nitrogen and oxygen atoms in total. The lowest BCUT2D eigenvalue weighted by Gasteiger charge is -2.13. The number of hydrogen-bond donors (Lipinski definition) is 0. The number of rotatable bonds is 7. The molecule has 0 fully saturated rings. The molecule has 0 atom stereocenters. The Balaban J connectivity index is 1.89. The second kappa shape index (κ2) is 9.84. The quantitative estimate of drug-likeness (QED) is 0.314. The fraction of sp³-hybridized carbons (Fsp3) is 0.167. The van der Waals surface area contributed by atoms with Crippen molar-refractivity contribution in [2.75, 3.05) is 13.2 Å². The van der Waals surface area contributed by atoms with Gasteiger partial charge in [0.15, 0.2) is 0 Å². The van der Waals surface area contributed by atoms with Crippen molar-refractivity contribution in [3.63, 3.8) is 0 Å². The van der Waals surface area contributed by atoms with Gasteiger partial charge in [0.2, 0.25) is 0 Å². The number of hydrogen-bond acceptors (Lipinski definition) is 8. The first-order chi connectivity index (χ1) is 15.6. The van der Waals surface area contributed by atoms with Gasteiger partial charge in [0.25, 0.3) is 0 Å². The minimum absolute atomic E-state index is 0.219. The summed E-state index contributed by atoms with van der Waals surface area (Å²) in [5.41, 5.74) is 2.65. The Labute approximate surface area is 193 Å². The van der Waals surface area contributed by atoms with Crippen LogP contribution in [0.15, 0.2) is 59.6 Å². The predicted molar refractivity (Wildman–Crippen MR) is 126 cm³/mol. The Kier molecular flexibility index (Phi) is 6.72. The smallest absolute Gasteiger partial charge is 0.340 e. The van der Waals surface area contributed by atoms with Gasteiger partial charge in [0.1, 0.15) is 11.4 Å². The van der Waals surface area contributed by atoms with Crippen LogP contribution in [0.2, 0.25) is 0 Å². The summed E-state index contributed by atoms with van der Waals surface area (Å²) >= 11 is 3.09. The zero-order chi connectivity index (χ0) is 22.5. The number of thiophene rings is 2. The van der Waals surface area contributed by atoms with Gasteiger partial charge in [-0.3, -0.25) is 9.97 Å². The average molecular weight is 465 g/mol. The highest BCUT2D eigenvalue weighted by atomic mass is 32.1. The largest absolute Gasteiger partial charge is 0.462 e. The summed E-state index contributed by atoms with van der Waals surface area (Å²) in [6.07, 6.45) is 3.35. The van der Waals surface area contributed by atoms with E-state index in [0.717, 1.165) is 20.9 Å². The molecule has 32 heavy (non-hydrogen) atoms.